The Morgan fingerprint density at radius 2 is 1.70 bits per heavy atom. The standard InChI is InChI=1S/C21H26ClN3O4S/c1-15-9-11-18(12-10-15)25(30(4,28)29)14-20(26)24(16(2)21(27)23-3)13-17-7-5-6-8-19(17)22/h5-12,16H,13-14H2,1-4H3,(H,23,27)/t16-/m0/s1. The van der Waals surface area contributed by atoms with Gasteiger partial charge in [0.05, 0.1) is 11.9 Å². The van der Waals surface area contributed by atoms with Gasteiger partial charge in [-0.05, 0) is 37.6 Å². The van der Waals surface area contributed by atoms with E-state index in [-0.39, 0.29) is 12.5 Å². The second kappa shape index (κ2) is 9.95. The fourth-order valence-corrected chi connectivity index (χ4v) is 3.97. The lowest BCUT2D eigenvalue weighted by Gasteiger charge is -2.31. The molecule has 0 fully saturated rings. The van der Waals surface area contributed by atoms with Crippen LogP contribution in [0.4, 0.5) is 5.69 Å². The summed E-state index contributed by atoms with van der Waals surface area (Å²) in [6.07, 6.45) is 1.04. The van der Waals surface area contributed by atoms with Gasteiger partial charge in [0.1, 0.15) is 12.6 Å². The molecule has 9 heteroatoms. The Kier molecular flexibility index (Phi) is 7.86. The molecule has 0 aromatic heterocycles. The molecule has 0 radical (unpaired) electrons. The highest BCUT2D eigenvalue weighted by Gasteiger charge is 2.30. The molecule has 0 aliphatic carbocycles. The van der Waals surface area contributed by atoms with Crippen LogP contribution in [0.5, 0.6) is 0 Å². The first kappa shape index (κ1) is 23.7. The van der Waals surface area contributed by atoms with Gasteiger partial charge in [-0.3, -0.25) is 13.9 Å². The molecule has 2 aromatic rings. The summed E-state index contributed by atoms with van der Waals surface area (Å²) in [6, 6.07) is 13.0. The van der Waals surface area contributed by atoms with Crippen LogP contribution in [0.25, 0.3) is 0 Å². The predicted octanol–water partition coefficient (Wildman–Crippen LogP) is 2.58. The Morgan fingerprint density at radius 3 is 2.23 bits per heavy atom. The first-order valence-corrected chi connectivity index (χ1v) is 11.6. The number of amides is 2. The minimum absolute atomic E-state index is 0.0680. The van der Waals surface area contributed by atoms with Gasteiger partial charge >= 0.3 is 0 Å². The molecule has 162 valence electrons. The number of anilines is 1. The van der Waals surface area contributed by atoms with E-state index in [9.17, 15) is 18.0 Å². The number of hydrogen-bond donors (Lipinski definition) is 1. The minimum Gasteiger partial charge on any atom is -0.357 e. The van der Waals surface area contributed by atoms with Crippen LogP contribution in [0.2, 0.25) is 5.02 Å². The highest BCUT2D eigenvalue weighted by atomic mass is 35.5. The molecule has 30 heavy (non-hydrogen) atoms. The van der Waals surface area contributed by atoms with Gasteiger partial charge in [-0.1, -0.05) is 47.5 Å². The van der Waals surface area contributed by atoms with E-state index < -0.39 is 28.5 Å². The van der Waals surface area contributed by atoms with Crippen LogP contribution in [0.3, 0.4) is 0 Å². The van der Waals surface area contributed by atoms with E-state index in [1.54, 1.807) is 55.5 Å². The lowest BCUT2D eigenvalue weighted by molar-refractivity contribution is -0.139. The van der Waals surface area contributed by atoms with Crippen molar-refractivity contribution in [2.75, 3.05) is 24.2 Å². The summed E-state index contributed by atoms with van der Waals surface area (Å²) >= 11 is 6.24. The number of nitrogens with one attached hydrogen (secondary N) is 1. The highest BCUT2D eigenvalue weighted by molar-refractivity contribution is 7.92. The zero-order chi connectivity index (χ0) is 22.5. The van der Waals surface area contributed by atoms with Crippen molar-refractivity contribution in [2.24, 2.45) is 0 Å². The lowest BCUT2D eigenvalue weighted by Crippen LogP contribution is -2.50. The molecule has 7 nitrogen and oxygen atoms in total. The van der Waals surface area contributed by atoms with Gasteiger partial charge in [0.25, 0.3) is 0 Å². The van der Waals surface area contributed by atoms with Crippen molar-refractivity contribution >= 4 is 39.1 Å². The third-order valence-corrected chi connectivity index (χ3v) is 6.22. The van der Waals surface area contributed by atoms with E-state index in [1.165, 1.54) is 11.9 Å². The van der Waals surface area contributed by atoms with E-state index in [0.717, 1.165) is 16.1 Å². The van der Waals surface area contributed by atoms with E-state index in [1.807, 2.05) is 6.92 Å². The van der Waals surface area contributed by atoms with Crippen molar-refractivity contribution in [3.05, 3.63) is 64.7 Å². The fraction of sp³-hybridized carbons (Fsp3) is 0.333. The Morgan fingerprint density at radius 1 is 1.10 bits per heavy atom. The van der Waals surface area contributed by atoms with Crippen molar-refractivity contribution in [1.29, 1.82) is 0 Å². The predicted molar refractivity (Wildman–Crippen MR) is 119 cm³/mol. The molecule has 0 heterocycles. The minimum atomic E-state index is -3.73. The third-order valence-electron chi connectivity index (χ3n) is 4.71. The average molecular weight is 452 g/mol. The summed E-state index contributed by atoms with van der Waals surface area (Å²) in [5.74, 6) is -0.881. The third kappa shape index (κ3) is 5.96. The number of rotatable bonds is 8. The molecule has 0 saturated heterocycles. The van der Waals surface area contributed by atoms with Crippen molar-refractivity contribution < 1.29 is 18.0 Å². The fourth-order valence-electron chi connectivity index (χ4n) is 2.93. The molecule has 2 amide bonds. The number of halogens is 1. The number of sulfonamides is 1. The van der Waals surface area contributed by atoms with Crippen molar-refractivity contribution in [3.63, 3.8) is 0 Å². The molecule has 1 N–H and O–H groups in total. The van der Waals surface area contributed by atoms with E-state index in [4.69, 9.17) is 11.6 Å². The molecule has 0 bridgehead atoms. The van der Waals surface area contributed by atoms with Crippen LogP contribution in [-0.4, -0.2) is 51.0 Å². The van der Waals surface area contributed by atoms with Crippen molar-refractivity contribution in [2.45, 2.75) is 26.4 Å². The van der Waals surface area contributed by atoms with E-state index in [2.05, 4.69) is 5.32 Å². The maximum atomic E-state index is 13.2. The summed E-state index contributed by atoms with van der Waals surface area (Å²) in [5.41, 5.74) is 2.00. The Hall–Kier alpha value is -2.58. The van der Waals surface area contributed by atoms with Gasteiger partial charge in [-0.15, -0.1) is 0 Å². The monoisotopic (exact) mass is 451 g/mol. The van der Waals surface area contributed by atoms with Gasteiger partial charge in [0.2, 0.25) is 21.8 Å². The molecule has 0 aliphatic rings. The largest absolute Gasteiger partial charge is 0.357 e. The zero-order valence-electron chi connectivity index (χ0n) is 17.4. The van der Waals surface area contributed by atoms with Crippen LogP contribution < -0.4 is 9.62 Å². The Balaban J connectivity index is 2.38. The summed E-state index contributed by atoms with van der Waals surface area (Å²) in [6.45, 7) is 3.10. The maximum Gasteiger partial charge on any atom is 0.244 e. The number of carbonyl (C=O) groups excluding carboxylic acids is 2. The van der Waals surface area contributed by atoms with Gasteiger partial charge in [0.15, 0.2) is 0 Å². The molecule has 2 aromatic carbocycles. The second-order valence-corrected chi connectivity index (χ2v) is 9.32. The van der Waals surface area contributed by atoms with Crippen LogP contribution in [-0.2, 0) is 26.2 Å². The second-order valence-electron chi connectivity index (χ2n) is 7.01. The summed E-state index contributed by atoms with van der Waals surface area (Å²) < 4.78 is 25.8. The highest BCUT2D eigenvalue weighted by Crippen LogP contribution is 2.21. The summed E-state index contributed by atoms with van der Waals surface area (Å²) in [4.78, 5) is 26.8. The topological polar surface area (TPSA) is 86.8 Å². The number of hydrogen-bond acceptors (Lipinski definition) is 4. The normalized spacial score (nSPS) is 12.2. The Labute approximate surface area is 182 Å². The van der Waals surface area contributed by atoms with Gasteiger partial charge in [-0.2, -0.15) is 0 Å². The summed E-state index contributed by atoms with van der Waals surface area (Å²) in [7, 11) is -2.25. The number of likely N-dealkylation sites (N-methyl/N-ethyl adjacent to an activating group) is 1. The lowest BCUT2D eigenvalue weighted by atomic mass is 10.1. The SMILES string of the molecule is CNC(=O)[C@H](C)N(Cc1ccccc1Cl)C(=O)CN(c1ccc(C)cc1)S(C)(=O)=O. The van der Waals surface area contributed by atoms with Gasteiger partial charge < -0.3 is 10.2 Å². The first-order valence-electron chi connectivity index (χ1n) is 9.33. The van der Waals surface area contributed by atoms with E-state index in [0.29, 0.717) is 16.3 Å². The van der Waals surface area contributed by atoms with Crippen molar-refractivity contribution in [3.8, 4) is 0 Å². The van der Waals surface area contributed by atoms with Crippen LogP contribution in [0.15, 0.2) is 48.5 Å². The molecule has 0 saturated carbocycles. The number of carbonyl (C=O) groups is 2. The number of nitrogens with zero attached hydrogens (tertiary/aromatic N) is 2. The van der Waals surface area contributed by atoms with Gasteiger partial charge in [0, 0.05) is 18.6 Å². The summed E-state index contributed by atoms with van der Waals surface area (Å²) in [5, 5.41) is 2.98. The first-order chi connectivity index (χ1) is 14.0. The maximum absolute atomic E-state index is 13.2. The molecular weight excluding hydrogens is 426 g/mol. The molecule has 1 atom stereocenters. The number of benzene rings is 2. The molecular formula is C21H26ClN3O4S. The average Bonchev–Trinajstić information content (AvgIpc) is 2.70. The van der Waals surface area contributed by atoms with Crippen molar-refractivity contribution in [1.82, 2.24) is 10.2 Å². The van der Waals surface area contributed by atoms with Crippen LogP contribution >= 0.6 is 11.6 Å². The molecule has 0 aliphatic heterocycles. The Bertz CT molecular complexity index is 1010. The zero-order valence-corrected chi connectivity index (χ0v) is 19.0. The smallest absolute Gasteiger partial charge is 0.244 e. The molecule has 2 rings (SSSR count). The van der Waals surface area contributed by atoms with Crippen LogP contribution in [0, 0.1) is 6.92 Å². The van der Waals surface area contributed by atoms with Gasteiger partial charge in [-0.25, -0.2) is 8.42 Å². The number of aryl methyl sites for hydroxylation is 1. The van der Waals surface area contributed by atoms with Crippen LogP contribution in [0.1, 0.15) is 18.1 Å². The molecule has 0 spiro atoms. The van der Waals surface area contributed by atoms with E-state index >= 15 is 0 Å². The quantitative estimate of drug-likeness (QED) is 0.668. The molecule has 0 unspecified atom stereocenters.